The third-order valence-electron chi connectivity index (χ3n) is 4.95. The number of carbonyl (C=O) groups is 2. The van der Waals surface area contributed by atoms with Crippen LogP contribution in [-0.4, -0.2) is 42.2 Å². The molecule has 0 radical (unpaired) electrons. The first-order chi connectivity index (χ1) is 15.0. The third-order valence-corrected chi connectivity index (χ3v) is 6.28. The number of nitrogens with one attached hydrogen (secondary N) is 1. The average Bonchev–Trinajstić information content (AvgIpc) is 2.78. The summed E-state index contributed by atoms with van der Waals surface area (Å²) in [6.07, 6.45) is 1.92. The molecule has 0 fully saturated rings. The number of unbranched alkanes of at least 4 members (excludes halogenated alkanes) is 1. The van der Waals surface area contributed by atoms with Crippen molar-refractivity contribution in [1.29, 1.82) is 0 Å². The second kappa shape index (κ2) is 13.3. The van der Waals surface area contributed by atoms with Crippen molar-refractivity contribution in [2.45, 2.75) is 45.0 Å². The van der Waals surface area contributed by atoms with Gasteiger partial charge in [0.2, 0.25) is 11.8 Å². The molecule has 0 heterocycles. The van der Waals surface area contributed by atoms with E-state index in [1.54, 1.807) is 18.9 Å². The number of rotatable bonds is 12. The van der Waals surface area contributed by atoms with Gasteiger partial charge in [-0.15, -0.1) is 11.8 Å². The molecule has 0 bridgehead atoms. The fourth-order valence-electron chi connectivity index (χ4n) is 2.99. The zero-order chi connectivity index (χ0) is 22.6. The zero-order valence-electron chi connectivity index (χ0n) is 18.4. The first kappa shape index (κ1) is 25.1. The van der Waals surface area contributed by atoms with Gasteiger partial charge in [0, 0.05) is 23.9 Å². The van der Waals surface area contributed by atoms with Crippen LogP contribution in [-0.2, 0) is 21.9 Å². The molecule has 0 aliphatic carbocycles. The average molecular weight is 463 g/mol. The van der Waals surface area contributed by atoms with Gasteiger partial charge in [-0.1, -0.05) is 55.3 Å². The molecular weight excluding hydrogens is 432 g/mol. The number of methoxy groups -OCH3 is 1. The van der Waals surface area contributed by atoms with Crippen LogP contribution in [0.4, 0.5) is 0 Å². The highest BCUT2D eigenvalue weighted by molar-refractivity contribution is 7.99. The van der Waals surface area contributed by atoms with Crippen molar-refractivity contribution in [2.24, 2.45) is 0 Å². The molecule has 0 aliphatic heterocycles. The molecule has 2 rings (SSSR count). The number of halogens is 1. The number of benzene rings is 2. The maximum absolute atomic E-state index is 13.1. The van der Waals surface area contributed by atoms with Crippen molar-refractivity contribution in [1.82, 2.24) is 10.2 Å². The van der Waals surface area contributed by atoms with E-state index in [1.807, 2.05) is 48.5 Å². The Balaban J connectivity index is 2.06. The second-order valence-electron chi connectivity index (χ2n) is 7.27. The van der Waals surface area contributed by atoms with Crippen molar-refractivity contribution >= 4 is 35.2 Å². The first-order valence-electron chi connectivity index (χ1n) is 10.5. The van der Waals surface area contributed by atoms with E-state index in [2.05, 4.69) is 12.2 Å². The van der Waals surface area contributed by atoms with Gasteiger partial charge in [0.1, 0.15) is 11.8 Å². The van der Waals surface area contributed by atoms with Crippen molar-refractivity contribution in [3.63, 3.8) is 0 Å². The molecule has 0 aromatic heterocycles. The van der Waals surface area contributed by atoms with Crippen LogP contribution in [0.2, 0.25) is 5.02 Å². The molecule has 2 aromatic carbocycles. The molecule has 0 spiro atoms. The number of amides is 2. The lowest BCUT2D eigenvalue weighted by Gasteiger charge is -2.29. The Morgan fingerprint density at radius 3 is 2.52 bits per heavy atom. The highest BCUT2D eigenvalue weighted by atomic mass is 35.5. The van der Waals surface area contributed by atoms with E-state index in [-0.39, 0.29) is 17.6 Å². The Bertz CT molecular complexity index is 845. The van der Waals surface area contributed by atoms with Crippen molar-refractivity contribution in [3.8, 4) is 5.75 Å². The summed E-state index contributed by atoms with van der Waals surface area (Å²) in [4.78, 5) is 27.4. The van der Waals surface area contributed by atoms with Crippen molar-refractivity contribution in [3.05, 3.63) is 64.7 Å². The number of hydrogen-bond acceptors (Lipinski definition) is 4. The van der Waals surface area contributed by atoms with E-state index < -0.39 is 6.04 Å². The maximum Gasteiger partial charge on any atom is 0.242 e. The van der Waals surface area contributed by atoms with Crippen LogP contribution >= 0.6 is 23.4 Å². The van der Waals surface area contributed by atoms with Gasteiger partial charge in [-0.3, -0.25) is 9.59 Å². The molecule has 7 heteroatoms. The smallest absolute Gasteiger partial charge is 0.242 e. The van der Waals surface area contributed by atoms with Gasteiger partial charge < -0.3 is 15.0 Å². The van der Waals surface area contributed by atoms with Crippen molar-refractivity contribution in [2.75, 3.05) is 19.4 Å². The quantitative estimate of drug-likeness (QED) is 0.455. The third kappa shape index (κ3) is 8.11. The lowest BCUT2D eigenvalue weighted by molar-refractivity contribution is -0.138. The van der Waals surface area contributed by atoms with E-state index in [0.717, 1.165) is 29.7 Å². The summed E-state index contributed by atoms with van der Waals surface area (Å²) in [5, 5.41) is 3.63. The summed E-state index contributed by atoms with van der Waals surface area (Å²) in [6.45, 7) is 4.83. The number of ether oxygens (including phenoxy) is 1. The van der Waals surface area contributed by atoms with Gasteiger partial charge in [-0.25, -0.2) is 0 Å². The molecule has 0 saturated carbocycles. The topological polar surface area (TPSA) is 58.6 Å². The largest absolute Gasteiger partial charge is 0.497 e. The van der Waals surface area contributed by atoms with Gasteiger partial charge in [0.05, 0.1) is 12.9 Å². The summed E-state index contributed by atoms with van der Waals surface area (Å²) in [6, 6.07) is 14.6. The zero-order valence-corrected chi connectivity index (χ0v) is 20.0. The summed E-state index contributed by atoms with van der Waals surface area (Å²) >= 11 is 7.71. The lowest BCUT2D eigenvalue weighted by Crippen LogP contribution is -2.48. The second-order valence-corrected chi connectivity index (χ2v) is 8.67. The Morgan fingerprint density at radius 2 is 1.87 bits per heavy atom. The minimum absolute atomic E-state index is 0.0778. The molecule has 0 saturated heterocycles. The molecule has 1 atom stereocenters. The van der Waals surface area contributed by atoms with Gasteiger partial charge in [-0.05, 0) is 42.7 Å². The molecular formula is C24H31ClN2O3S. The summed E-state index contributed by atoms with van der Waals surface area (Å²) < 4.78 is 5.21. The van der Waals surface area contributed by atoms with Crippen molar-refractivity contribution < 1.29 is 14.3 Å². The molecule has 31 heavy (non-hydrogen) atoms. The number of thioether (sulfide) groups is 1. The summed E-state index contributed by atoms with van der Waals surface area (Å²) in [5.74, 6) is 1.45. The standard InChI is InChI=1S/C24H31ClN2O3S/c1-4-5-14-26-24(29)18(2)27(15-19-10-12-21(30-3)13-11-19)23(28)17-31-16-20-8-6-7-9-22(20)25/h6-13,18H,4-5,14-17H2,1-3H3,(H,26,29). The number of nitrogens with zero attached hydrogens (tertiary/aromatic N) is 1. The lowest BCUT2D eigenvalue weighted by atomic mass is 10.1. The van der Waals surface area contributed by atoms with Gasteiger partial charge in [0.25, 0.3) is 0 Å². The highest BCUT2D eigenvalue weighted by Gasteiger charge is 2.25. The van der Waals surface area contributed by atoms with Crippen LogP contribution in [0.1, 0.15) is 37.8 Å². The van der Waals surface area contributed by atoms with Crippen LogP contribution in [0.5, 0.6) is 5.75 Å². The van der Waals surface area contributed by atoms with E-state index in [0.29, 0.717) is 23.9 Å². The molecule has 5 nitrogen and oxygen atoms in total. The van der Waals surface area contributed by atoms with E-state index in [9.17, 15) is 9.59 Å². The predicted octanol–water partition coefficient (Wildman–Crippen LogP) is 4.92. The fraction of sp³-hybridized carbons (Fsp3) is 0.417. The fourth-order valence-corrected chi connectivity index (χ4v) is 4.19. The molecule has 1 unspecified atom stereocenters. The molecule has 2 amide bonds. The summed E-state index contributed by atoms with van der Waals surface area (Å²) in [7, 11) is 1.61. The molecule has 168 valence electrons. The number of carbonyl (C=O) groups excluding carboxylic acids is 2. The van der Waals surface area contributed by atoms with Crippen LogP contribution < -0.4 is 10.1 Å². The minimum atomic E-state index is -0.563. The van der Waals surface area contributed by atoms with Crippen LogP contribution in [0.25, 0.3) is 0 Å². The van der Waals surface area contributed by atoms with Crippen LogP contribution in [0.15, 0.2) is 48.5 Å². The van der Waals surface area contributed by atoms with Crippen LogP contribution in [0.3, 0.4) is 0 Å². The first-order valence-corrected chi connectivity index (χ1v) is 12.0. The maximum atomic E-state index is 13.1. The van der Waals surface area contributed by atoms with Gasteiger partial charge in [0.15, 0.2) is 0 Å². The molecule has 0 aliphatic rings. The molecule has 1 N–H and O–H groups in total. The predicted molar refractivity (Wildman–Crippen MR) is 129 cm³/mol. The minimum Gasteiger partial charge on any atom is -0.497 e. The van der Waals surface area contributed by atoms with Gasteiger partial charge >= 0.3 is 0 Å². The summed E-state index contributed by atoms with van der Waals surface area (Å²) in [5.41, 5.74) is 1.94. The van der Waals surface area contributed by atoms with E-state index >= 15 is 0 Å². The Morgan fingerprint density at radius 1 is 1.16 bits per heavy atom. The Labute approximate surface area is 194 Å². The van der Waals surface area contributed by atoms with E-state index in [1.165, 1.54) is 11.8 Å². The SMILES string of the molecule is CCCCNC(=O)C(C)N(Cc1ccc(OC)cc1)C(=O)CSCc1ccccc1Cl. The Hall–Kier alpha value is -2.18. The van der Waals surface area contributed by atoms with E-state index in [4.69, 9.17) is 16.3 Å². The normalized spacial score (nSPS) is 11.6. The monoisotopic (exact) mass is 462 g/mol. The number of hydrogen-bond donors (Lipinski definition) is 1. The Kier molecular flexibility index (Phi) is 10.7. The van der Waals surface area contributed by atoms with Gasteiger partial charge in [-0.2, -0.15) is 0 Å². The van der Waals surface area contributed by atoms with Crippen LogP contribution in [0, 0.1) is 0 Å². The highest BCUT2D eigenvalue weighted by Crippen LogP contribution is 2.22. The molecule has 2 aromatic rings.